The molecule has 0 radical (unpaired) electrons. The van der Waals surface area contributed by atoms with Gasteiger partial charge in [-0.2, -0.15) is 0 Å². The van der Waals surface area contributed by atoms with Gasteiger partial charge in [-0.3, -0.25) is 9.78 Å². The van der Waals surface area contributed by atoms with E-state index in [1.54, 1.807) is 18.5 Å². The van der Waals surface area contributed by atoms with Gasteiger partial charge in [0.25, 0.3) is 0 Å². The first kappa shape index (κ1) is 10.6. The van der Waals surface area contributed by atoms with Crippen LogP contribution in [-0.4, -0.2) is 22.6 Å². The van der Waals surface area contributed by atoms with Crippen LogP contribution in [0.15, 0.2) is 36.7 Å². The van der Waals surface area contributed by atoms with Crippen LogP contribution in [0, 0.1) is 0 Å². The molecule has 1 unspecified atom stereocenters. The fourth-order valence-corrected chi connectivity index (χ4v) is 1.70. The Morgan fingerprint density at radius 3 is 2.88 bits per heavy atom. The Labute approximate surface area is 92.7 Å². The highest BCUT2D eigenvalue weighted by molar-refractivity contribution is 5.84. The van der Waals surface area contributed by atoms with Gasteiger partial charge in [-0.25, -0.2) is 0 Å². The second-order valence-corrected chi connectivity index (χ2v) is 3.61. The van der Waals surface area contributed by atoms with Gasteiger partial charge in [0.2, 0.25) is 0 Å². The normalized spacial score (nSPS) is 12.6. The third kappa shape index (κ3) is 1.87. The molecule has 0 fully saturated rings. The summed E-state index contributed by atoms with van der Waals surface area (Å²) in [5.41, 5.74) is 6.19. The van der Waals surface area contributed by atoms with Gasteiger partial charge in [-0.15, -0.1) is 0 Å². The molecule has 0 aliphatic rings. The van der Waals surface area contributed by atoms with Crippen molar-refractivity contribution in [1.82, 2.24) is 4.98 Å². The molecule has 0 aliphatic heterocycles. The number of hydrogen-bond acceptors (Lipinski definition) is 3. The van der Waals surface area contributed by atoms with Crippen molar-refractivity contribution < 1.29 is 9.90 Å². The SMILES string of the molecule is NCC(C(=O)O)c1ccc2cnccc2c1. The number of aromatic nitrogens is 1. The molecule has 3 N–H and O–H groups in total. The Balaban J connectivity index is 2.49. The summed E-state index contributed by atoms with van der Waals surface area (Å²) in [7, 11) is 0. The number of carbonyl (C=O) groups is 1. The van der Waals surface area contributed by atoms with Crippen molar-refractivity contribution >= 4 is 16.7 Å². The standard InChI is InChI=1S/C12H12N2O2/c13-6-11(12(15)16)9-1-2-10-7-14-4-3-8(10)5-9/h1-5,7,11H,6,13H2,(H,15,16). The molecule has 0 saturated heterocycles. The zero-order valence-electron chi connectivity index (χ0n) is 8.63. The van der Waals surface area contributed by atoms with Crippen LogP contribution < -0.4 is 5.73 Å². The van der Waals surface area contributed by atoms with Crippen LogP contribution >= 0.6 is 0 Å². The van der Waals surface area contributed by atoms with E-state index in [1.807, 2.05) is 18.2 Å². The monoisotopic (exact) mass is 216 g/mol. The van der Waals surface area contributed by atoms with Crippen LogP contribution in [0.3, 0.4) is 0 Å². The maximum absolute atomic E-state index is 11.0. The van der Waals surface area contributed by atoms with Crippen molar-refractivity contribution in [3.63, 3.8) is 0 Å². The van der Waals surface area contributed by atoms with Crippen LogP contribution in [0.5, 0.6) is 0 Å². The topological polar surface area (TPSA) is 76.2 Å². The Morgan fingerprint density at radius 1 is 1.38 bits per heavy atom. The van der Waals surface area contributed by atoms with E-state index in [9.17, 15) is 4.79 Å². The van der Waals surface area contributed by atoms with E-state index in [1.165, 1.54) is 0 Å². The first-order chi connectivity index (χ1) is 7.72. The summed E-state index contributed by atoms with van der Waals surface area (Å²) in [4.78, 5) is 15.0. The minimum atomic E-state index is -0.893. The van der Waals surface area contributed by atoms with Gasteiger partial charge in [-0.1, -0.05) is 18.2 Å². The van der Waals surface area contributed by atoms with Crippen molar-refractivity contribution in [2.24, 2.45) is 5.73 Å². The number of benzene rings is 1. The smallest absolute Gasteiger partial charge is 0.312 e. The molecular formula is C12H12N2O2. The largest absolute Gasteiger partial charge is 0.481 e. The molecule has 0 saturated carbocycles. The fourth-order valence-electron chi connectivity index (χ4n) is 1.70. The number of nitrogens with two attached hydrogens (primary N) is 1. The lowest BCUT2D eigenvalue weighted by Crippen LogP contribution is -2.20. The van der Waals surface area contributed by atoms with E-state index in [0.29, 0.717) is 0 Å². The molecule has 1 aromatic heterocycles. The summed E-state index contributed by atoms with van der Waals surface area (Å²) >= 11 is 0. The molecule has 1 heterocycles. The number of hydrogen-bond donors (Lipinski definition) is 2. The van der Waals surface area contributed by atoms with Crippen molar-refractivity contribution in [3.8, 4) is 0 Å². The van der Waals surface area contributed by atoms with Gasteiger partial charge < -0.3 is 10.8 Å². The maximum Gasteiger partial charge on any atom is 0.312 e. The average Bonchev–Trinajstić information content (AvgIpc) is 2.29. The minimum Gasteiger partial charge on any atom is -0.481 e. The van der Waals surface area contributed by atoms with E-state index in [2.05, 4.69) is 4.98 Å². The van der Waals surface area contributed by atoms with Crippen LogP contribution in [0.4, 0.5) is 0 Å². The van der Waals surface area contributed by atoms with Crippen molar-refractivity contribution in [1.29, 1.82) is 0 Å². The zero-order valence-corrected chi connectivity index (χ0v) is 8.63. The Bertz CT molecular complexity index is 525. The predicted molar refractivity (Wildman–Crippen MR) is 61.2 cm³/mol. The van der Waals surface area contributed by atoms with Gasteiger partial charge in [-0.05, 0) is 17.0 Å². The van der Waals surface area contributed by atoms with Crippen LogP contribution in [-0.2, 0) is 4.79 Å². The first-order valence-electron chi connectivity index (χ1n) is 4.99. The van der Waals surface area contributed by atoms with Gasteiger partial charge in [0.05, 0.1) is 5.92 Å². The summed E-state index contributed by atoms with van der Waals surface area (Å²) < 4.78 is 0. The maximum atomic E-state index is 11.0. The molecule has 1 aromatic carbocycles. The van der Waals surface area contributed by atoms with Crippen molar-refractivity contribution in [3.05, 3.63) is 42.2 Å². The molecule has 0 spiro atoms. The van der Waals surface area contributed by atoms with Gasteiger partial charge in [0, 0.05) is 24.3 Å². The second kappa shape index (κ2) is 4.28. The molecule has 2 rings (SSSR count). The number of aliphatic carboxylic acids is 1. The highest BCUT2D eigenvalue weighted by Crippen LogP contribution is 2.20. The summed E-state index contributed by atoms with van der Waals surface area (Å²) in [6.07, 6.45) is 3.43. The fraction of sp³-hybridized carbons (Fsp3) is 0.167. The first-order valence-corrected chi connectivity index (χ1v) is 4.99. The zero-order chi connectivity index (χ0) is 11.5. The summed E-state index contributed by atoms with van der Waals surface area (Å²) in [5, 5.41) is 11.0. The van der Waals surface area contributed by atoms with E-state index in [4.69, 9.17) is 10.8 Å². The molecule has 0 bridgehead atoms. The van der Waals surface area contributed by atoms with Crippen molar-refractivity contribution in [2.75, 3.05) is 6.54 Å². The molecule has 4 heteroatoms. The van der Waals surface area contributed by atoms with Crippen LogP contribution in [0.1, 0.15) is 11.5 Å². The minimum absolute atomic E-state index is 0.103. The third-order valence-corrected chi connectivity index (χ3v) is 2.60. The molecule has 0 amide bonds. The van der Waals surface area contributed by atoms with E-state index in [0.717, 1.165) is 16.3 Å². The van der Waals surface area contributed by atoms with Gasteiger partial charge >= 0.3 is 5.97 Å². The lowest BCUT2D eigenvalue weighted by molar-refractivity contribution is -0.138. The summed E-state index contributed by atoms with van der Waals surface area (Å²) in [5.74, 6) is -1.53. The highest BCUT2D eigenvalue weighted by atomic mass is 16.4. The Morgan fingerprint density at radius 2 is 2.19 bits per heavy atom. The quantitative estimate of drug-likeness (QED) is 0.812. The predicted octanol–water partition coefficient (Wildman–Crippen LogP) is 1.36. The summed E-state index contributed by atoms with van der Waals surface area (Å²) in [6.45, 7) is 0.103. The third-order valence-electron chi connectivity index (χ3n) is 2.60. The Hall–Kier alpha value is -1.94. The molecule has 1 atom stereocenters. The van der Waals surface area contributed by atoms with Crippen LogP contribution in [0.25, 0.3) is 10.8 Å². The second-order valence-electron chi connectivity index (χ2n) is 3.61. The van der Waals surface area contributed by atoms with E-state index >= 15 is 0 Å². The average molecular weight is 216 g/mol. The molecule has 16 heavy (non-hydrogen) atoms. The van der Waals surface area contributed by atoms with Gasteiger partial charge in [0.1, 0.15) is 0 Å². The van der Waals surface area contributed by atoms with Gasteiger partial charge in [0.15, 0.2) is 0 Å². The molecule has 4 nitrogen and oxygen atoms in total. The van der Waals surface area contributed by atoms with E-state index in [-0.39, 0.29) is 6.54 Å². The highest BCUT2D eigenvalue weighted by Gasteiger charge is 2.17. The Kier molecular flexibility index (Phi) is 2.83. The number of nitrogens with zero attached hydrogens (tertiary/aromatic N) is 1. The van der Waals surface area contributed by atoms with Crippen LogP contribution in [0.2, 0.25) is 0 Å². The summed E-state index contributed by atoms with van der Waals surface area (Å²) in [6, 6.07) is 7.36. The van der Waals surface area contributed by atoms with Crippen molar-refractivity contribution in [2.45, 2.75) is 5.92 Å². The number of pyridine rings is 1. The lowest BCUT2D eigenvalue weighted by atomic mass is 9.97. The molecule has 0 aliphatic carbocycles. The lowest BCUT2D eigenvalue weighted by Gasteiger charge is -2.10. The molecular weight excluding hydrogens is 204 g/mol. The molecule has 82 valence electrons. The number of carboxylic acid groups (broad SMARTS) is 1. The molecule has 2 aromatic rings. The number of rotatable bonds is 3. The number of fused-ring (bicyclic) bond motifs is 1. The number of carboxylic acids is 1. The van der Waals surface area contributed by atoms with E-state index < -0.39 is 11.9 Å².